The van der Waals surface area contributed by atoms with Gasteiger partial charge in [0.1, 0.15) is 13.2 Å². The molecule has 104 valence electrons. The van der Waals surface area contributed by atoms with Crippen LogP contribution in [-0.4, -0.2) is 31.6 Å². The first-order valence-electron chi connectivity index (χ1n) is 7.18. The van der Waals surface area contributed by atoms with Gasteiger partial charge in [-0.15, -0.1) is 11.8 Å². The van der Waals surface area contributed by atoms with E-state index in [0.717, 1.165) is 17.5 Å². The molecule has 2 aliphatic rings. The Balaban J connectivity index is 1.37. The molecule has 1 aliphatic carbocycles. The maximum atomic E-state index is 5.59. The molecule has 19 heavy (non-hydrogen) atoms. The molecule has 3 rings (SSSR count). The normalized spacial score (nSPS) is 17.5. The lowest BCUT2D eigenvalue weighted by atomic mass is 10.3. The number of ether oxygens (including phenoxy) is 2. The SMILES string of the molecule is c1cc2c(cc1SCCCCNC1CC1)OCCO2. The Labute approximate surface area is 119 Å². The lowest BCUT2D eigenvalue weighted by Crippen LogP contribution is -2.17. The van der Waals surface area contributed by atoms with Gasteiger partial charge in [-0.25, -0.2) is 0 Å². The van der Waals surface area contributed by atoms with Crippen LogP contribution in [0.4, 0.5) is 0 Å². The monoisotopic (exact) mass is 279 g/mol. The van der Waals surface area contributed by atoms with Gasteiger partial charge in [-0.3, -0.25) is 0 Å². The van der Waals surface area contributed by atoms with E-state index in [4.69, 9.17) is 9.47 Å². The van der Waals surface area contributed by atoms with Gasteiger partial charge in [-0.2, -0.15) is 0 Å². The standard InChI is InChI=1S/C15H21NO2S/c1(7-16-12-3-4-12)2-10-19-13-5-6-14-15(11-13)18-9-8-17-14/h5-6,11-12,16H,1-4,7-10H2. The van der Waals surface area contributed by atoms with Crippen molar-refractivity contribution in [2.45, 2.75) is 36.6 Å². The number of hydrogen-bond acceptors (Lipinski definition) is 4. The van der Waals surface area contributed by atoms with E-state index >= 15 is 0 Å². The molecule has 0 atom stereocenters. The molecule has 1 aromatic rings. The number of hydrogen-bond donors (Lipinski definition) is 1. The van der Waals surface area contributed by atoms with Crippen LogP contribution in [0.1, 0.15) is 25.7 Å². The van der Waals surface area contributed by atoms with Gasteiger partial charge in [0.25, 0.3) is 0 Å². The average Bonchev–Trinajstić information content (AvgIpc) is 3.27. The summed E-state index contributed by atoms with van der Waals surface area (Å²) in [5.74, 6) is 2.95. The molecule has 0 radical (unpaired) electrons. The van der Waals surface area contributed by atoms with E-state index in [2.05, 4.69) is 17.4 Å². The summed E-state index contributed by atoms with van der Waals surface area (Å²) in [4.78, 5) is 1.28. The summed E-state index contributed by atoms with van der Waals surface area (Å²) >= 11 is 1.90. The number of unbranched alkanes of at least 4 members (excludes halogenated alkanes) is 1. The Kier molecular flexibility index (Phi) is 4.51. The first kappa shape index (κ1) is 13.1. The number of thioether (sulfide) groups is 1. The number of rotatable bonds is 7. The van der Waals surface area contributed by atoms with Gasteiger partial charge in [0.05, 0.1) is 0 Å². The van der Waals surface area contributed by atoms with Crippen molar-refractivity contribution in [3.05, 3.63) is 18.2 Å². The van der Waals surface area contributed by atoms with Gasteiger partial charge < -0.3 is 14.8 Å². The third-order valence-corrected chi connectivity index (χ3v) is 4.44. The fraction of sp³-hybridized carbons (Fsp3) is 0.600. The van der Waals surface area contributed by atoms with Crippen LogP contribution in [0.25, 0.3) is 0 Å². The van der Waals surface area contributed by atoms with Gasteiger partial charge in [-0.1, -0.05) is 0 Å². The highest BCUT2D eigenvalue weighted by Gasteiger charge is 2.19. The van der Waals surface area contributed by atoms with Crippen LogP contribution in [0, 0.1) is 0 Å². The van der Waals surface area contributed by atoms with Gasteiger partial charge in [0.15, 0.2) is 11.5 Å². The number of fused-ring (bicyclic) bond motifs is 1. The zero-order valence-electron chi connectivity index (χ0n) is 11.2. The predicted octanol–water partition coefficient (Wildman–Crippen LogP) is 3.08. The van der Waals surface area contributed by atoms with Crippen LogP contribution in [0.3, 0.4) is 0 Å². The zero-order chi connectivity index (χ0) is 12.9. The highest BCUT2D eigenvalue weighted by Crippen LogP contribution is 2.34. The Morgan fingerprint density at radius 2 is 1.95 bits per heavy atom. The quantitative estimate of drug-likeness (QED) is 0.614. The van der Waals surface area contributed by atoms with Crippen molar-refractivity contribution < 1.29 is 9.47 Å². The van der Waals surface area contributed by atoms with Crippen molar-refractivity contribution in [2.24, 2.45) is 0 Å². The minimum Gasteiger partial charge on any atom is -0.486 e. The summed E-state index contributed by atoms with van der Waals surface area (Å²) in [5, 5.41) is 3.55. The first-order chi connectivity index (χ1) is 9.42. The van der Waals surface area contributed by atoms with Crippen LogP contribution in [0.2, 0.25) is 0 Å². The third kappa shape index (κ3) is 4.05. The summed E-state index contributed by atoms with van der Waals surface area (Å²) < 4.78 is 11.1. The summed E-state index contributed by atoms with van der Waals surface area (Å²) in [7, 11) is 0. The molecule has 1 saturated carbocycles. The van der Waals surface area contributed by atoms with Crippen molar-refractivity contribution in [3.8, 4) is 11.5 Å². The molecule has 0 spiro atoms. The summed E-state index contributed by atoms with van der Waals surface area (Å²) in [5.41, 5.74) is 0. The molecule has 1 aliphatic heterocycles. The second-order valence-corrected chi connectivity index (χ2v) is 6.26. The van der Waals surface area contributed by atoms with Crippen molar-refractivity contribution in [2.75, 3.05) is 25.5 Å². The van der Waals surface area contributed by atoms with Crippen LogP contribution in [0.15, 0.2) is 23.1 Å². The second kappa shape index (κ2) is 6.53. The van der Waals surface area contributed by atoms with Crippen molar-refractivity contribution in [1.29, 1.82) is 0 Å². The molecular formula is C15H21NO2S. The number of nitrogens with one attached hydrogen (secondary N) is 1. The predicted molar refractivity (Wildman–Crippen MR) is 78.4 cm³/mol. The van der Waals surface area contributed by atoms with E-state index in [1.165, 1.54) is 42.9 Å². The zero-order valence-corrected chi connectivity index (χ0v) is 12.0. The Hall–Kier alpha value is -0.870. The minimum atomic E-state index is 0.660. The largest absolute Gasteiger partial charge is 0.486 e. The smallest absolute Gasteiger partial charge is 0.162 e. The van der Waals surface area contributed by atoms with E-state index in [1.54, 1.807) is 0 Å². The van der Waals surface area contributed by atoms with Gasteiger partial charge in [0, 0.05) is 10.9 Å². The molecule has 4 heteroatoms. The topological polar surface area (TPSA) is 30.5 Å². The molecule has 3 nitrogen and oxygen atoms in total. The van der Waals surface area contributed by atoms with Crippen LogP contribution >= 0.6 is 11.8 Å². The van der Waals surface area contributed by atoms with Gasteiger partial charge >= 0.3 is 0 Å². The molecule has 1 aromatic carbocycles. The maximum absolute atomic E-state index is 5.59. The van der Waals surface area contributed by atoms with E-state index in [0.29, 0.717) is 13.2 Å². The molecular weight excluding hydrogens is 258 g/mol. The van der Waals surface area contributed by atoms with Crippen LogP contribution in [-0.2, 0) is 0 Å². The minimum absolute atomic E-state index is 0.660. The first-order valence-corrected chi connectivity index (χ1v) is 8.16. The molecule has 0 aromatic heterocycles. The van der Waals surface area contributed by atoms with E-state index in [9.17, 15) is 0 Å². The highest BCUT2D eigenvalue weighted by molar-refractivity contribution is 7.99. The Morgan fingerprint density at radius 3 is 2.79 bits per heavy atom. The number of benzene rings is 1. The fourth-order valence-corrected chi connectivity index (χ4v) is 3.06. The van der Waals surface area contributed by atoms with Crippen LogP contribution < -0.4 is 14.8 Å². The second-order valence-electron chi connectivity index (χ2n) is 5.09. The Morgan fingerprint density at radius 1 is 1.11 bits per heavy atom. The van der Waals surface area contributed by atoms with E-state index < -0.39 is 0 Å². The van der Waals surface area contributed by atoms with E-state index in [-0.39, 0.29) is 0 Å². The molecule has 0 bridgehead atoms. The van der Waals surface area contributed by atoms with Gasteiger partial charge in [0.2, 0.25) is 0 Å². The molecule has 0 amide bonds. The van der Waals surface area contributed by atoms with Crippen LogP contribution in [0.5, 0.6) is 11.5 Å². The van der Waals surface area contributed by atoms with E-state index in [1.807, 2.05) is 17.8 Å². The lowest BCUT2D eigenvalue weighted by molar-refractivity contribution is 0.171. The average molecular weight is 279 g/mol. The fourth-order valence-electron chi connectivity index (χ4n) is 2.12. The maximum Gasteiger partial charge on any atom is 0.162 e. The highest BCUT2D eigenvalue weighted by atomic mass is 32.2. The summed E-state index contributed by atoms with van der Waals surface area (Å²) in [6.45, 7) is 2.49. The molecule has 0 unspecified atom stereocenters. The van der Waals surface area contributed by atoms with Crippen molar-refractivity contribution in [1.82, 2.24) is 5.32 Å². The molecule has 1 heterocycles. The molecule has 1 fully saturated rings. The van der Waals surface area contributed by atoms with Crippen molar-refractivity contribution in [3.63, 3.8) is 0 Å². The van der Waals surface area contributed by atoms with Gasteiger partial charge in [-0.05, 0) is 56.2 Å². The third-order valence-electron chi connectivity index (χ3n) is 3.36. The Bertz CT molecular complexity index is 421. The molecule has 0 saturated heterocycles. The van der Waals surface area contributed by atoms with Crippen molar-refractivity contribution >= 4 is 11.8 Å². The molecule has 1 N–H and O–H groups in total. The summed E-state index contributed by atoms with van der Waals surface area (Å²) in [6, 6.07) is 7.08. The lowest BCUT2D eigenvalue weighted by Gasteiger charge is -2.18. The summed E-state index contributed by atoms with van der Waals surface area (Å²) in [6.07, 6.45) is 5.30.